The van der Waals surface area contributed by atoms with Crippen LogP contribution in [0.15, 0.2) is 24.5 Å². The molecule has 1 atom stereocenters. The van der Waals surface area contributed by atoms with Crippen LogP contribution in [0.1, 0.15) is 50.1 Å². The predicted octanol–water partition coefficient (Wildman–Crippen LogP) is 2.94. The zero-order valence-electron chi connectivity index (χ0n) is 11.2. The predicted molar refractivity (Wildman–Crippen MR) is 72.3 cm³/mol. The molecule has 0 aromatic carbocycles. The van der Waals surface area contributed by atoms with Gasteiger partial charge >= 0.3 is 0 Å². The molecule has 1 saturated heterocycles. The Labute approximate surface area is 114 Å². The maximum atomic E-state index is 12.6. The van der Waals surface area contributed by atoms with Gasteiger partial charge in [0.2, 0.25) is 5.91 Å². The first-order valence-electron chi connectivity index (χ1n) is 7.48. The van der Waals surface area contributed by atoms with Crippen LogP contribution in [0.2, 0.25) is 0 Å². The summed E-state index contributed by atoms with van der Waals surface area (Å²) in [5, 5.41) is 0. The van der Waals surface area contributed by atoms with E-state index in [2.05, 4.69) is 16.0 Å². The number of hydrogen-bond acceptors (Lipinski definition) is 2. The third-order valence-electron chi connectivity index (χ3n) is 5.27. The summed E-state index contributed by atoms with van der Waals surface area (Å²) in [7, 11) is 0. The Bertz CT molecular complexity index is 487. The molecule has 1 aliphatic heterocycles. The highest BCUT2D eigenvalue weighted by Gasteiger charge is 2.56. The fourth-order valence-electron chi connectivity index (χ4n) is 3.93. The monoisotopic (exact) mass is 256 g/mol. The smallest absolute Gasteiger partial charge is 0.226 e. The second-order valence-electron chi connectivity index (χ2n) is 6.58. The zero-order chi connectivity index (χ0) is 12.9. The number of likely N-dealkylation sites (tertiary alicyclic amines) is 1. The van der Waals surface area contributed by atoms with E-state index in [1.807, 2.05) is 12.3 Å². The topological polar surface area (TPSA) is 33.2 Å². The normalized spacial score (nSPS) is 28.4. The molecule has 1 spiro atoms. The van der Waals surface area contributed by atoms with E-state index >= 15 is 0 Å². The van der Waals surface area contributed by atoms with E-state index in [0.717, 1.165) is 32.2 Å². The van der Waals surface area contributed by atoms with Crippen molar-refractivity contribution in [1.29, 1.82) is 0 Å². The van der Waals surface area contributed by atoms with Crippen molar-refractivity contribution in [3.63, 3.8) is 0 Å². The van der Waals surface area contributed by atoms with Gasteiger partial charge in [-0.05, 0) is 55.6 Å². The maximum absolute atomic E-state index is 12.6. The molecule has 0 N–H and O–H groups in total. The molecule has 0 radical (unpaired) electrons. The molecular formula is C16H20N2O. The van der Waals surface area contributed by atoms with Crippen molar-refractivity contribution >= 4 is 5.91 Å². The summed E-state index contributed by atoms with van der Waals surface area (Å²) in [6.07, 6.45) is 11.0. The van der Waals surface area contributed by atoms with Crippen LogP contribution in [-0.4, -0.2) is 22.3 Å². The van der Waals surface area contributed by atoms with Gasteiger partial charge in [-0.15, -0.1) is 0 Å². The Kier molecular flexibility index (Phi) is 2.44. The number of rotatable bonds is 2. The number of carbonyl (C=O) groups is 1. The van der Waals surface area contributed by atoms with Gasteiger partial charge in [0.1, 0.15) is 0 Å². The lowest BCUT2D eigenvalue weighted by Crippen LogP contribution is -2.42. The summed E-state index contributed by atoms with van der Waals surface area (Å²) in [6, 6.07) is 4.35. The molecule has 1 unspecified atom stereocenters. The van der Waals surface area contributed by atoms with Gasteiger partial charge in [-0.1, -0.05) is 6.07 Å². The van der Waals surface area contributed by atoms with E-state index in [0.29, 0.717) is 17.2 Å². The number of amides is 1. The minimum Gasteiger partial charge on any atom is -0.335 e. The van der Waals surface area contributed by atoms with Gasteiger partial charge in [0.15, 0.2) is 0 Å². The summed E-state index contributed by atoms with van der Waals surface area (Å²) in [4.78, 5) is 19.0. The number of aromatic nitrogens is 1. The fourth-order valence-corrected chi connectivity index (χ4v) is 3.93. The first-order valence-corrected chi connectivity index (χ1v) is 7.48. The number of pyridine rings is 1. The van der Waals surface area contributed by atoms with Gasteiger partial charge in [0.25, 0.3) is 0 Å². The van der Waals surface area contributed by atoms with Crippen LogP contribution in [0, 0.1) is 11.3 Å². The largest absolute Gasteiger partial charge is 0.335 e. The molecule has 4 rings (SSSR count). The van der Waals surface area contributed by atoms with Crippen LogP contribution in [0.3, 0.4) is 0 Å². The quantitative estimate of drug-likeness (QED) is 0.815. The van der Waals surface area contributed by atoms with Crippen LogP contribution >= 0.6 is 0 Å². The van der Waals surface area contributed by atoms with Gasteiger partial charge < -0.3 is 4.90 Å². The average Bonchev–Trinajstić information content (AvgIpc) is 3.06. The van der Waals surface area contributed by atoms with Gasteiger partial charge in [-0.25, -0.2) is 0 Å². The molecule has 3 fully saturated rings. The molecule has 3 heteroatoms. The molecule has 1 amide bonds. The van der Waals surface area contributed by atoms with Gasteiger partial charge in [-0.3, -0.25) is 9.78 Å². The second-order valence-corrected chi connectivity index (χ2v) is 6.58. The minimum atomic E-state index is 0.275. The molecule has 2 heterocycles. The number of nitrogens with zero attached hydrogens (tertiary/aromatic N) is 2. The van der Waals surface area contributed by atoms with Crippen molar-refractivity contribution in [1.82, 2.24) is 9.88 Å². The van der Waals surface area contributed by atoms with Gasteiger partial charge in [0.05, 0.1) is 6.04 Å². The fraction of sp³-hybridized carbons (Fsp3) is 0.625. The van der Waals surface area contributed by atoms with E-state index in [1.54, 1.807) is 6.20 Å². The Morgan fingerprint density at radius 1 is 1.37 bits per heavy atom. The average molecular weight is 256 g/mol. The van der Waals surface area contributed by atoms with Gasteiger partial charge in [-0.2, -0.15) is 0 Å². The molecule has 2 saturated carbocycles. The minimum absolute atomic E-state index is 0.275. The van der Waals surface area contributed by atoms with E-state index < -0.39 is 0 Å². The first kappa shape index (κ1) is 11.4. The van der Waals surface area contributed by atoms with Crippen molar-refractivity contribution < 1.29 is 4.79 Å². The van der Waals surface area contributed by atoms with Crippen molar-refractivity contribution in [2.45, 2.75) is 44.6 Å². The van der Waals surface area contributed by atoms with Crippen molar-refractivity contribution in [3.8, 4) is 0 Å². The molecule has 1 aromatic heterocycles. The van der Waals surface area contributed by atoms with E-state index in [-0.39, 0.29) is 6.04 Å². The standard InChI is InChI=1S/C16H20N2O/c19-15(13-9-16(10-13)5-6-16)18-8-2-4-14(18)12-3-1-7-17-11-12/h1,3,7,11,13-14H,2,4-6,8-10H2. The molecule has 100 valence electrons. The highest BCUT2D eigenvalue weighted by molar-refractivity contribution is 5.81. The van der Waals surface area contributed by atoms with Crippen LogP contribution in [0.5, 0.6) is 0 Å². The summed E-state index contributed by atoms with van der Waals surface area (Å²) < 4.78 is 0. The lowest BCUT2D eigenvalue weighted by atomic mass is 9.71. The Balaban J connectivity index is 1.49. The van der Waals surface area contributed by atoms with Crippen LogP contribution in [0.25, 0.3) is 0 Å². The molecule has 1 aromatic rings. The number of hydrogen-bond donors (Lipinski definition) is 0. The van der Waals surface area contributed by atoms with Crippen molar-refractivity contribution in [3.05, 3.63) is 30.1 Å². The van der Waals surface area contributed by atoms with E-state index in [4.69, 9.17) is 0 Å². The molecule has 19 heavy (non-hydrogen) atoms. The molecule has 3 aliphatic rings. The lowest BCUT2D eigenvalue weighted by molar-refractivity contribution is -0.141. The van der Waals surface area contributed by atoms with E-state index in [9.17, 15) is 4.79 Å². The van der Waals surface area contributed by atoms with Crippen molar-refractivity contribution in [2.24, 2.45) is 11.3 Å². The van der Waals surface area contributed by atoms with E-state index in [1.165, 1.54) is 18.4 Å². The maximum Gasteiger partial charge on any atom is 0.226 e. The summed E-state index contributed by atoms with van der Waals surface area (Å²) in [5.74, 6) is 0.726. The lowest BCUT2D eigenvalue weighted by Gasteiger charge is -2.38. The molecule has 0 bridgehead atoms. The Morgan fingerprint density at radius 3 is 2.89 bits per heavy atom. The third kappa shape index (κ3) is 1.87. The van der Waals surface area contributed by atoms with Crippen LogP contribution in [0.4, 0.5) is 0 Å². The van der Waals surface area contributed by atoms with Crippen LogP contribution in [-0.2, 0) is 4.79 Å². The zero-order valence-corrected chi connectivity index (χ0v) is 11.2. The summed E-state index contributed by atoms with van der Waals surface area (Å²) >= 11 is 0. The highest BCUT2D eigenvalue weighted by Crippen LogP contribution is 2.63. The molecule has 2 aliphatic carbocycles. The second kappa shape index (κ2) is 4.06. The van der Waals surface area contributed by atoms with Crippen molar-refractivity contribution in [2.75, 3.05) is 6.54 Å². The Morgan fingerprint density at radius 2 is 2.21 bits per heavy atom. The molecule has 3 nitrogen and oxygen atoms in total. The number of carbonyl (C=O) groups excluding carboxylic acids is 1. The summed E-state index contributed by atoms with van der Waals surface area (Å²) in [6.45, 7) is 0.932. The third-order valence-corrected chi connectivity index (χ3v) is 5.27. The molecular weight excluding hydrogens is 236 g/mol. The Hall–Kier alpha value is -1.38. The SMILES string of the molecule is O=C(C1CC2(CC2)C1)N1CCCC1c1cccnc1. The highest BCUT2D eigenvalue weighted by atomic mass is 16.2. The summed E-state index contributed by atoms with van der Waals surface area (Å²) in [5.41, 5.74) is 1.82. The first-order chi connectivity index (χ1) is 9.27. The van der Waals surface area contributed by atoms with Crippen LogP contribution < -0.4 is 0 Å². The van der Waals surface area contributed by atoms with Gasteiger partial charge in [0, 0.05) is 24.9 Å².